The molecule has 2 aromatic rings. The topological polar surface area (TPSA) is 22.1 Å². The van der Waals surface area contributed by atoms with Crippen molar-refractivity contribution in [3.63, 3.8) is 0 Å². The van der Waals surface area contributed by atoms with Gasteiger partial charge in [-0.3, -0.25) is 0 Å². The lowest BCUT2D eigenvalue weighted by Crippen LogP contribution is -1.97. The molecule has 3 heteroatoms. The minimum Gasteiger partial charge on any atom is -0.493 e. The molecule has 16 heavy (non-hydrogen) atoms. The van der Waals surface area contributed by atoms with Gasteiger partial charge in [0, 0.05) is 11.5 Å². The van der Waals surface area contributed by atoms with Crippen molar-refractivity contribution in [1.29, 1.82) is 0 Å². The van der Waals surface area contributed by atoms with E-state index in [1.807, 2.05) is 24.3 Å². The van der Waals surface area contributed by atoms with Crippen molar-refractivity contribution in [2.75, 3.05) is 6.61 Å². The Labute approximate surface area is 100 Å². The number of para-hydroxylation sites is 1. The largest absolute Gasteiger partial charge is 0.493 e. The summed E-state index contributed by atoms with van der Waals surface area (Å²) in [6.45, 7) is 2.86. The maximum absolute atomic E-state index is 5.95. The monoisotopic (exact) mass is 235 g/mol. The molecule has 2 rings (SSSR count). The Morgan fingerprint density at radius 1 is 1.31 bits per heavy atom. The molecule has 0 fully saturated rings. The molecule has 0 bridgehead atoms. The fraction of sp³-hybridized carbons (Fsp3) is 0.308. The van der Waals surface area contributed by atoms with E-state index in [2.05, 4.69) is 11.9 Å². The van der Waals surface area contributed by atoms with E-state index in [1.165, 1.54) is 0 Å². The number of pyridine rings is 1. The van der Waals surface area contributed by atoms with Gasteiger partial charge in [0.25, 0.3) is 0 Å². The van der Waals surface area contributed by atoms with E-state index in [9.17, 15) is 0 Å². The molecular formula is C13H14ClNO. The highest BCUT2D eigenvalue weighted by molar-refractivity contribution is 6.30. The maximum atomic E-state index is 5.95. The van der Waals surface area contributed by atoms with Gasteiger partial charge in [0.05, 0.1) is 12.1 Å². The normalized spacial score (nSPS) is 10.6. The first-order valence-corrected chi connectivity index (χ1v) is 5.87. The molecule has 1 aromatic heterocycles. The van der Waals surface area contributed by atoms with Crippen molar-refractivity contribution in [1.82, 2.24) is 4.98 Å². The van der Waals surface area contributed by atoms with Crippen LogP contribution >= 0.6 is 11.6 Å². The number of fused-ring (bicyclic) bond motifs is 1. The van der Waals surface area contributed by atoms with Crippen LogP contribution in [-0.4, -0.2) is 11.6 Å². The molecule has 0 spiro atoms. The molecule has 1 aromatic carbocycles. The van der Waals surface area contributed by atoms with Gasteiger partial charge >= 0.3 is 0 Å². The van der Waals surface area contributed by atoms with Crippen LogP contribution in [0.25, 0.3) is 10.9 Å². The third-order valence-corrected chi connectivity index (χ3v) is 2.60. The molecule has 2 nitrogen and oxygen atoms in total. The van der Waals surface area contributed by atoms with Gasteiger partial charge in [-0.25, -0.2) is 4.98 Å². The van der Waals surface area contributed by atoms with Crippen LogP contribution in [0, 0.1) is 0 Å². The Morgan fingerprint density at radius 3 is 2.94 bits per heavy atom. The van der Waals surface area contributed by atoms with Gasteiger partial charge in [-0.15, -0.1) is 0 Å². The smallest absolute Gasteiger partial charge is 0.133 e. The zero-order valence-electron chi connectivity index (χ0n) is 9.24. The first kappa shape index (κ1) is 11.2. The standard InChI is InChI=1S/C13H14ClNO/c1-2-3-8-16-12-9-13(14)15-11-7-5-4-6-10(11)12/h4-7,9H,2-3,8H2,1H3. The van der Waals surface area contributed by atoms with Crippen LogP contribution in [0.1, 0.15) is 19.8 Å². The summed E-state index contributed by atoms with van der Waals surface area (Å²) in [5.41, 5.74) is 0.876. The highest BCUT2D eigenvalue weighted by Crippen LogP contribution is 2.27. The zero-order chi connectivity index (χ0) is 11.4. The second-order valence-electron chi connectivity index (χ2n) is 3.66. The fourth-order valence-corrected chi connectivity index (χ4v) is 1.75. The van der Waals surface area contributed by atoms with E-state index >= 15 is 0 Å². The van der Waals surface area contributed by atoms with Crippen molar-refractivity contribution in [2.24, 2.45) is 0 Å². The minimum absolute atomic E-state index is 0.477. The molecule has 0 radical (unpaired) electrons. The van der Waals surface area contributed by atoms with Gasteiger partial charge in [0.2, 0.25) is 0 Å². The number of halogens is 1. The van der Waals surface area contributed by atoms with Crippen molar-refractivity contribution in [2.45, 2.75) is 19.8 Å². The molecule has 0 atom stereocenters. The van der Waals surface area contributed by atoms with Crippen LogP contribution in [0.3, 0.4) is 0 Å². The average molecular weight is 236 g/mol. The lowest BCUT2D eigenvalue weighted by Gasteiger charge is -2.08. The highest BCUT2D eigenvalue weighted by atomic mass is 35.5. The van der Waals surface area contributed by atoms with E-state index in [0.717, 1.165) is 36.1 Å². The summed E-state index contributed by atoms with van der Waals surface area (Å²) in [4.78, 5) is 4.25. The Bertz CT molecular complexity index is 484. The predicted octanol–water partition coefficient (Wildman–Crippen LogP) is 4.07. The number of ether oxygens (including phenoxy) is 1. The number of rotatable bonds is 4. The third kappa shape index (κ3) is 2.45. The van der Waals surface area contributed by atoms with Crippen molar-refractivity contribution in [3.05, 3.63) is 35.5 Å². The average Bonchev–Trinajstić information content (AvgIpc) is 2.29. The van der Waals surface area contributed by atoms with Gasteiger partial charge in [0.15, 0.2) is 0 Å². The number of unbranched alkanes of at least 4 members (excludes halogenated alkanes) is 1. The van der Waals surface area contributed by atoms with Gasteiger partial charge in [-0.05, 0) is 18.6 Å². The van der Waals surface area contributed by atoms with E-state index in [4.69, 9.17) is 16.3 Å². The van der Waals surface area contributed by atoms with Gasteiger partial charge in [0.1, 0.15) is 10.9 Å². The van der Waals surface area contributed by atoms with Crippen LogP contribution in [0.5, 0.6) is 5.75 Å². The quantitative estimate of drug-likeness (QED) is 0.589. The zero-order valence-corrected chi connectivity index (χ0v) is 10.00. The predicted molar refractivity (Wildman–Crippen MR) is 67.2 cm³/mol. The number of benzene rings is 1. The molecule has 0 aliphatic carbocycles. The Kier molecular flexibility index (Phi) is 3.62. The summed E-state index contributed by atoms with van der Waals surface area (Å²) < 4.78 is 5.72. The molecule has 0 saturated heterocycles. The van der Waals surface area contributed by atoms with Crippen LogP contribution in [0.15, 0.2) is 30.3 Å². The fourth-order valence-electron chi connectivity index (χ4n) is 1.56. The van der Waals surface area contributed by atoms with Crippen molar-refractivity contribution < 1.29 is 4.74 Å². The number of hydrogen-bond acceptors (Lipinski definition) is 2. The molecule has 0 saturated carbocycles. The number of nitrogens with zero attached hydrogens (tertiary/aromatic N) is 1. The van der Waals surface area contributed by atoms with Crippen LogP contribution < -0.4 is 4.74 Å². The minimum atomic E-state index is 0.477. The Balaban J connectivity index is 2.34. The third-order valence-electron chi connectivity index (χ3n) is 2.40. The van der Waals surface area contributed by atoms with Gasteiger partial charge < -0.3 is 4.74 Å². The Hall–Kier alpha value is -1.28. The second kappa shape index (κ2) is 5.17. The molecule has 0 aliphatic heterocycles. The summed E-state index contributed by atoms with van der Waals surface area (Å²) in [7, 11) is 0. The highest BCUT2D eigenvalue weighted by Gasteiger charge is 2.04. The summed E-state index contributed by atoms with van der Waals surface area (Å²) in [5.74, 6) is 0.823. The SMILES string of the molecule is CCCCOc1cc(Cl)nc2ccccc12. The van der Waals surface area contributed by atoms with E-state index in [1.54, 1.807) is 6.07 Å². The van der Waals surface area contributed by atoms with Crippen LogP contribution in [0.4, 0.5) is 0 Å². The molecule has 0 unspecified atom stereocenters. The molecule has 0 N–H and O–H groups in total. The first-order valence-electron chi connectivity index (χ1n) is 5.49. The molecular weight excluding hydrogens is 222 g/mol. The van der Waals surface area contributed by atoms with Gasteiger partial charge in [-0.2, -0.15) is 0 Å². The second-order valence-corrected chi connectivity index (χ2v) is 4.05. The summed E-state index contributed by atoms with van der Waals surface area (Å²) in [6.07, 6.45) is 2.17. The Morgan fingerprint density at radius 2 is 2.12 bits per heavy atom. The van der Waals surface area contributed by atoms with Crippen molar-refractivity contribution in [3.8, 4) is 5.75 Å². The molecule has 0 amide bonds. The van der Waals surface area contributed by atoms with Crippen LogP contribution in [0.2, 0.25) is 5.15 Å². The number of aromatic nitrogens is 1. The van der Waals surface area contributed by atoms with Gasteiger partial charge in [-0.1, -0.05) is 37.1 Å². The van der Waals surface area contributed by atoms with E-state index < -0.39 is 0 Å². The lowest BCUT2D eigenvalue weighted by atomic mass is 10.2. The summed E-state index contributed by atoms with van der Waals surface area (Å²) in [6, 6.07) is 9.64. The lowest BCUT2D eigenvalue weighted by molar-refractivity contribution is 0.313. The maximum Gasteiger partial charge on any atom is 0.133 e. The molecule has 1 heterocycles. The molecule has 84 valence electrons. The first-order chi connectivity index (χ1) is 7.81. The number of hydrogen-bond donors (Lipinski definition) is 0. The van der Waals surface area contributed by atoms with Crippen LogP contribution in [-0.2, 0) is 0 Å². The van der Waals surface area contributed by atoms with E-state index in [0.29, 0.717) is 5.15 Å². The summed E-state index contributed by atoms with van der Waals surface area (Å²) in [5, 5.41) is 1.49. The summed E-state index contributed by atoms with van der Waals surface area (Å²) >= 11 is 5.95. The molecule has 0 aliphatic rings. The van der Waals surface area contributed by atoms with Crippen molar-refractivity contribution >= 4 is 22.5 Å². The van der Waals surface area contributed by atoms with E-state index in [-0.39, 0.29) is 0 Å².